The van der Waals surface area contributed by atoms with Crippen LogP contribution in [0.4, 0.5) is 0 Å². The molecule has 1 fully saturated rings. The Bertz CT molecular complexity index is 187. The Kier molecular flexibility index (Phi) is 3.36. The van der Waals surface area contributed by atoms with Crippen LogP contribution < -0.4 is 0 Å². The molecule has 1 aliphatic carbocycles. The van der Waals surface area contributed by atoms with Crippen LogP contribution in [0.25, 0.3) is 0 Å². The molecule has 0 bridgehead atoms. The van der Waals surface area contributed by atoms with Crippen molar-refractivity contribution in [2.45, 2.75) is 19.3 Å². The second-order valence-corrected chi connectivity index (χ2v) is 3.27. The second-order valence-electron chi connectivity index (χ2n) is 2.65. The van der Waals surface area contributed by atoms with Crippen LogP contribution in [0.15, 0.2) is 9.66 Å². The minimum absolute atomic E-state index is 0.0527. The van der Waals surface area contributed by atoms with Crippen molar-refractivity contribution in [3.8, 4) is 0 Å². The minimum atomic E-state index is -0.0783. The quantitative estimate of drug-likeness (QED) is 0.537. The third-order valence-electron chi connectivity index (χ3n) is 2.03. The van der Waals surface area contributed by atoms with E-state index in [1.807, 2.05) is 4.08 Å². The lowest BCUT2D eigenvalue weighted by Gasteiger charge is -2.07. The van der Waals surface area contributed by atoms with E-state index in [-0.39, 0.29) is 11.9 Å². The molecular formula is C8H11IO2. The summed E-state index contributed by atoms with van der Waals surface area (Å²) in [4.78, 5) is 11.1. The first-order valence-electron chi connectivity index (χ1n) is 3.66. The minimum Gasteiger partial charge on any atom is -0.469 e. The van der Waals surface area contributed by atoms with Crippen LogP contribution in [0.3, 0.4) is 0 Å². The maximum atomic E-state index is 11.1. The number of ether oxygens (including phenoxy) is 1. The first kappa shape index (κ1) is 9.03. The van der Waals surface area contributed by atoms with E-state index in [9.17, 15) is 4.79 Å². The highest BCUT2D eigenvalue weighted by Gasteiger charge is 2.27. The summed E-state index contributed by atoms with van der Waals surface area (Å²) in [6, 6.07) is 0. The Hall–Kier alpha value is -0.0600. The Balaban J connectivity index is 2.64. The Morgan fingerprint density at radius 3 is 3.09 bits per heavy atom. The molecule has 1 saturated carbocycles. The zero-order valence-corrected chi connectivity index (χ0v) is 8.63. The van der Waals surface area contributed by atoms with Gasteiger partial charge in [0.15, 0.2) is 0 Å². The van der Waals surface area contributed by atoms with Gasteiger partial charge >= 0.3 is 5.97 Å². The number of carbonyl (C=O) groups excluding carboxylic acids is 1. The fourth-order valence-electron chi connectivity index (χ4n) is 1.41. The highest BCUT2D eigenvalue weighted by Crippen LogP contribution is 2.32. The molecule has 1 aliphatic rings. The molecule has 0 spiro atoms. The van der Waals surface area contributed by atoms with Crippen LogP contribution in [0.2, 0.25) is 0 Å². The van der Waals surface area contributed by atoms with Gasteiger partial charge in [0.2, 0.25) is 0 Å². The highest BCUT2D eigenvalue weighted by atomic mass is 127. The molecule has 1 rings (SSSR count). The van der Waals surface area contributed by atoms with Gasteiger partial charge in [-0.05, 0) is 23.3 Å². The van der Waals surface area contributed by atoms with Gasteiger partial charge < -0.3 is 4.74 Å². The van der Waals surface area contributed by atoms with Crippen molar-refractivity contribution in [3.05, 3.63) is 9.66 Å². The molecule has 0 aromatic rings. The van der Waals surface area contributed by atoms with Crippen molar-refractivity contribution in [2.75, 3.05) is 7.11 Å². The maximum absolute atomic E-state index is 11.1. The molecule has 2 nitrogen and oxygen atoms in total. The first-order chi connectivity index (χ1) is 5.29. The lowest BCUT2D eigenvalue weighted by Crippen LogP contribution is -2.13. The van der Waals surface area contributed by atoms with Crippen molar-refractivity contribution >= 4 is 28.6 Å². The zero-order valence-electron chi connectivity index (χ0n) is 6.47. The number of halogens is 1. The van der Waals surface area contributed by atoms with Gasteiger partial charge in [-0.2, -0.15) is 0 Å². The van der Waals surface area contributed by atoms with E-state index in [2.05, 4.69) is 27.3 Å². The standard InChI is InChI=1S/C8H11IO2/c1-11-8(10)7-4-2-3-6(7)5-9/h5,7H,2-4H2,1H3/b6-5+. The third kappa shape index (κ3) is 1.95. The van der Waals surface area contributed by atoms with E-state index in [4.69, 9.17) is 0 Å². The number of hydrogen-bond acceptors (Lipinski definition) is 2. The van der Waals surface area contributed by atoms with Gasteiger partial charge in [-0.1, -0.05) is 28.2 Å². The smallest absolute Gasteiger partial charge is 0.312 e. The molecule has 0 aromatic heterocycles. The molecule has 1 atom stereocenters. The van der Waals surface area contributed by atoms with Crippen molar-refractivity contribution in [1.29, 1.82) is 0 Å². The van der Waals surface area contributed by atoms with Crippen LogP contribution in [-0.4, -0.2) is 13.1 Å². The van der Waals surface area contributed by atoms with Gasteiger partial charge in [0, 0.05) is 0 Å². The van der Waals surface area contributed by atoms with Gasteiger partial charge in [0.05, 0.1) is 13.0 Å². The van der Waals surface area contributed by atoms with E-state index < -0.39 is 0 Å². The van der Waals surface area contributed by atoms with Gasteiger partial charge in [-0.3, -0.25) is 4.79 Å². The van der Waals surface area contributed by atoms with E-state index in [0.29, 0.717) is 0 Å². The molecular weight excluding hydrogens is 255 g/mol. The monoisotopic (exact) mass is 266 g/mol. The van der Waals surface area contributed by atoms with Crippen molar-refractivity contribution in [1.82, 2.24) is 0 Å². The summed E-state index contributed by atoms with van der Waals surface area (Å²) in [5.74, 6) is -0.0256. The van der Waals surface area contributed by atoms with Crippen LogP contribution in [0, 0.1) is 5.92 Å². The second kappa shape index (κ2) is 4.09. The third-order valence-corrected chi connectivity index (χ3v) is 2.83. The molecule has 1 unspecified atom stereocenters. The maximum Gasteiger partial charge on any atom is 0.312 e. The van der Waals surface area contributed by atoms with Gasteiger partial charge in [-0.15, -0.1) is 0 Å². The number of rotatable bonds is 1. The molecule has 0 aliphatic heterocycles. The summed E-state index contributed by atoms with van der Waals surface area (Å²) in [5, 5.41) is 0. The Morgan fingerprint density at radius 2 is 2.55 bits per heavy atom. The SMILES string of the molecule is COC(=O)C1CCC/C1=C\I. The summed E-state index contributed by atoms with van der Waals surface area (Å²) in [6.07, 6.45) is 3.14. The van der Waals surface area contributed by atoms with E-state index >= 15 is 0 Å². The van der Waals surface area contributed by atoms with Crippen LogP contribution in [0.5, 0.6) is 0 Å². The first-order valence-corrected chi connectivity index (χ1v) is 4.91. The van der Waals surface area contributed by atoms with Crippen LogP contribution in [0.1, 0.15) is 19.3 Å². The number of carbonyl (C=O) groups is 1. The predicted octanol–water partition coefficient (Wildman–Crippen LogP) is 2.28. The summed E-state index contributed by atoms with van der Waals surface area (Å²) >= 11 is 2.18. The normalized spacial score (nSPS) is 27.5. The average Bonchev–Trinajstić information content (AvgIpc) is 2.50. The molecule has 0 N–H and O–H groups in total. The summed E-state index contributed by atoms with van der Waals surface area (Å²) in [5.41, 5.74) is 1.23. The summed E-state index contributed by atoms with van der Waals surface area (Å²) < 4.78 is 6.69. The molecule has 0 aromatic carbocycles. The highest BCUT2D eigenvalue weighted by molar-refractivity contribution is 14.1. The Labute approximate surface area is 80.1 Å². The van der Waals surface area contributed by atoms with Crippen LogP contribution in [-0.2, 0) is 9.53 Å². The van der Waals surface area contributed by atoms with E-state index in [1.54, 1.807) is 0 Å². The molecule has 0 heterocycles. The summed E-state index contributed by atoms with van der Waals surface area (Å²) in [7, 11) is 1.45. The number of esters is 1. The zero-order chi connectivity index (χ0) is 8.27. The number of methoxy groups -OCH3 is 1. The molecule has 62 valence electrons. The van der Waals surface area contributed by atoms with Crippen molar-refractivity contribution < 1.29 is 9.53 Å². The van der Waals surface area contributed by atoms with Gasteiger partial charge in [0.1, 0.15) is 0 Å². The largest absolute Gasteiger partial charge is 0.469 e. The topological polar surface area (TPSA) is 26.3 Å². The lowest BCUT2D eigenvalue weighted by atomic mass is 10.1. The van der Waals surface area contributed by atoms with Crippen molar-refractivity contribution in [3.63, 3.8) is 0 Å². The molecule has 0 amide bonds. The summed E-state index contributed by atoms with van der Waals surface area (Å²) in [6.45, 7) is 0. The Morgan fingerprint density at radius 1 is 1.82 bits per heavy atom. The van der Waals surface area contributed by atoms with E-state index in [0.717, 1.165) is 19.3 Å². The average molecular weight is 266 g/mol. The van der Waals surface area contributed by atoms with Gasteiger partial charge in [-0.25, -0.2) is 0 Å². The molecule has 3 heteroatoms. The molecule has 0 radical (unpaired) electrons. The fraction of sp³-hybridized carbons (Fsp3) is 0.625. The number of hydrogen-bond donors (Lipinski definition) is 0. The molecule has 11 heavy (non-hydrogen) atoms. The van der Waals surface area contributed by atoms with Gasteiger partial charge in [0.25, 0.3) is 0 Å². The predicted molar refractivity (Wildman–Crippen MR) is 51.5 cm³/mol. The van der Waals surface area contributed by atoms with Crippen LogP contribution >= 0.6 is 22.6 Å². The fourth-order valence-corrected chi connectivity index (χ4v) is 2.16. The molecule has 0 saturated heterocycles. The lowest BCUT2D eigenvalue weighted by molar-refractivity contribution is -0.143. The van der Waals surface area contributed by atoms with E-state index in [1.165, 1.54) is 12.7 Å². The van der Waals surface area contributed by atoms with Crippen molar-refractivity contribution in [2.24, 2.45) is 5.92 Å².